The summed E-state index contributed by atoms with van der Waals surface area (Å²) in [5.41, 5.74) is 0.811. The van der Waals surface area contributed by atoms with E-state index in [1.807, 2.05) is 18.9 Å². The van der Waals surface area contributed by atoms with Gasteiger partial charge in [-0.1, -0.05) is 5.16 Å². The molecule has 1 aliphatic heterocycles. The highest BCUT2D eigenvalue weighted by Gasteiger charge is 2.27. The summed E-state index contributed by atoms with van der Waals surface area (Å²) in [6.45, 7) is 4.43. The molecular formula is C12H19N3O2. The molecule has 0 radical (unpaired) electrons. The van der Waals surface area contributed by atoms with Crippen LogP contribution in [-0.2, 0) is 0 Å². The summed E-state index contributed by atoms with van der Waals surface area (Å²) < 4.78 is 5.02. The third kappa shape index (κ3) is 2.66. The third-order valence-corrected chi connectivity index (χ3v) is 3.24. The second-order valence-electron chi connectivity index (χ2n) is 4.66. The van der Waals surface area contributed by atoms with Gasteiger partial charge in [-0.15, -0.1) is 0 Å². The summed E-state index contributed by atoms with van der Waals surface area (Å²) >= 11 is 0. The van der Waals surface area contributed by atoms with Gasteiger partial charge < -0.3 is 14.7 Å². The van der Waals surface area contributed by atoms with E-state index in [-0.39, 0.29) is 5.91 Å². The number of amides is 1. The Kier molecular flexibility index (Phi) is 3.78. The fourth-order valence-electron chi connectivity index (χ4n) is 2.34. The first kappa shape index (κ1) is 12.1. The predicted octanol–water partition coefficient (Wildman–Crippen LogP) is 1.05. The van der Waals surface area contributed by atoms with Crippen molar-refractivity contribution in [1.29, 1.82) is 0 Å². The van der Waals surface area contributed by atoms with Gasteiger partial charge >= 0.3 is 0 Å². The van der Waals surface area contributed by atoms with Crippen LogP contribution in [0.4, 0.5) is 0 Å². The van der Waals surface area contributed by atoms with Crippen molar-refractivity contribution in [2.75, 3.05) is 26.7 Å². The lowest BCUT2D eigenvalue weighted by molar-refractivity contribution is 0.0631. The molecule has 2 heterocycles. The van der Waals surface area contributed by atoms with Gasteiger partial charge in [-0.2, -0.15) is 0 Å². The second kappa shape index (κ2) is 5.31. The predicted molar refractivity (Wildman–Crippen MR) is 63.8 cm³/mol. The summed E-state index contributed by atoms with van der Waals surface area (Å²) in [6.07, 6.45) is 3.83. The van der Waals surface area contributed by atoms with E-state index in [1.165, 1.54) is 6.42 Å². The number of aromatic nitrogens is 1. The minimum Gasteiger partial charge on any atom is -0.351 e. The van der Waals surface area contributed by atoms with Crippen LogP contribution < -0.4 is 5.32 Å². The molecule has 94 valence electrons. The SMILES string of the molecule is CNCC1CCCN(C(=O)c2oncc2C)C1. The van der Waals surface area contributed by atoms with E-state index < -0.39 is 0 Å². The van der Waals surface area contributed by atoms with Crippen molar-refractivity contribution in [3.05, 3.63) is 17.5 Å². The first-order valence-electron chi connectivity index (χ1n) is 6.07. The molecule has 0 aliphatic carbocycles. The summed E-state index contributed by atoms with van der Waals surface area (Å²) in [4.78, 5) is 14.1. The minimum absolute atomic E-state index is 0.0270. The molecule has 1 saturated heterocycles. The molecule has 1 fully saturated rings. The molecule has 1 unspecified atom stereocenters. The first-order valence-corrected chi connectivity index (χ1v) is 6.07. The topological polar surface area (TPSA) is 58.4 Å². The smallest absolute Gasteiger partial charge is 0.292 e. The Labute approximate surface area is 101 Å². The van der Waals surface area contributed by atoms with Crippen molar-refractivity contribution in [1.82, 2.24) is 15.4 Å². The maximum absolute atomic E-state index is 12.2. The number of rotatable bonds is 3. The van der Waals surface area contributed by atoms with E-state index in [0.29, 0.717) is 11.7 Å². The van der Waals surface area contributed by atoms with Crippen LogP contribution in [0.5, 0.6) is 0 Å². The number of piperidine rings is 1. The Bertz CT molecular complexity index is 387. The number of likely N-dealkylation sites (tertiary alicyclic amines) is 1. The van der Waals surface area contributed by atoms with E-state index in [0.717, 1.165) is 31.6 Å². The fourth-order valence-corrected chi connectivity index (χ4v) is 2.34. The summed E-state index contributed by atoms with van der Waals surface area (Å²) in [6, 6.07) is 0. The minimum atomic E-state index is -0.0270. The van der Waals surface area contributed by atoms with Crippen LogP contribution in [0.2, 0.25) is 0 Å². The second-order valence-corrected chi connectivity index (χ2v) is 4.66. The van der Waals surface area contributed by atoms with Crippen molar-refractivity contribution in [3.63, 3.8) is 0 Å². The Morgan fingerprint density at radius 2 is 2.53 bits per heavy atom. The van der Waals surface area contributed by atoms with Crippen molar-refractivity contribution >= 4 is 5.91 Å². The quantitative estimate of drug-likeness (QED) is 0.854. The van der Waals surface area contributed by atoms with Gasteiger partial charge in [-0.3, -0.25) is 4.79 Å². The van der Waals surface area contributed by atoms with Crippen LogP contribution in [0.15, 0.2) is 10.7 Å². The molecule has 0 bridgehead atoms. The highest BCUT2D eigenvalue weighted by atomic mass is 16.5. The van der Waals surface area contributed by atoms with Crippen LogP contribution in [-0.4, -0.2) is 42.6 Å². The van der Waals surface area contributed by atoms with Crippen molar-refractivity contribution < 1.29 is 9.32 Å². The van der Waals surface area contributed by atoms with Gasteiger partial charge in [0.2, 0.25) is 5.76 Å². The van der Waals surface area contributed by atoms with Gasteiger partial charge in [-0.25, -0.2) is 0 Å². The lowest BCUT2D eigenvalue weighted by Gasteiger charge is -2.32. The number of aryl methyl sites for hydroxylation is 1. The fraction of sp³-hybridized carbons (Fsp3) is 0.667. The standard InChI is InChI=1S/C12H19N3O2/c1-9-6-14-17-11(9)12(16)15-5-3-4-10(8-15)7-13-2/h6,10,13H,3-5,7-8H2,1-2H3. The molecule has 0 spiro atoms. The zero-order chi connectivity index (χ0) is 12.3. The van der Waals surface area contributed by atoms with Gasteiger partial charge in [0.05, 0.1) is 6.20 Å². The van der Waals surface area contributed by atoms with Gasteiger partial charge in [0.15, 0.2) is 0 Å². The molecule has 1 aromatic heterocycles. The monoisotopic (exact) mass is 237 g/mol. The number of nitrogens with zero attached hydrogens (tertiary/aromatic N) is 2. The zero-order valence-corrected chi connectivity index (χ0v) is 10.4. The van der Waals surface area contributed by atoms with Crippen LogP contribution in [0.1, 0.15) is 29.0 Å². The molecule has 1 aliphatic rings. The number of carbonyl (C=O) groups is 1. The number of nitrogens with one attached hydrogen (secondary N) is 1. The van der Waals surface area contributed by atoms with E-state index in [2.05, 4.69) is 10.5 Å². The first-order chi connectivity index (χ1) is 8.22. The molecule has 1 amide bonds. The van der Waals surface area contributed by atoms with E-state index in [4.69, 9.17) is 4.52 Å². The highest BCUT2D eigenvalue weighted by Crippen LogP contribution is 2.19. The Hall–Kier alpha value is -1.36. The average Bonchev–Trinajstić information content (AvgIpc) is 2.75. The molecule has 1 atom stereocenters. The largest absolute Gasteiger partial charge is 0.351 e. The van der Waals surface area contributed by atoms with Gasteiger partial charge in [0, 0.05) is 18.7 Å². The Balaban J connectivity index is 2.02. The normalized spacial score (nSPS) is 20.6. The Morgan fingerprint density at radius 3 is 3.18 bits per heavy atom. The van der Waals surface area contributed by atoms with Gasteiger partial charge in [-0.05, 0) is 39.3 Å². The van der Waals surface area contributed by atoms with Crippen molar-refractivity contribution in [2.45, 2.75) is 19.8 Å². The zero-order valence-electron chi connectivity index (χ0n) is 10.4. The molecule has 5 nitrogen and oxygen atoms in total. The molecule has 1 N–H and O–H groups in total. The van der Waals surface area contributed by atoms with E-state index in [9.17, 15) is 4.79 Å². The molecule has 2 rings (SSSR count). The summed E-state index contributed by atoms with van der Waals surface area (Å²) in [5.74, 6) is 0.900. The van der Waals surface area contributed by atoms with Crippen molar-refractivity contribution in [3.8, 4) is 0 Å². The van der Waals surface area contributed by atoms with Crippen LogP contribution in [0.25, 0.3) is 0 Å². The van der Waals surface area contributed by atoms with Gasteiger partial charge in [0.1, 0.15) is 0 Å². The molecular weight excluding hydrogens is 218 g/mol. The van der Waals surface area contributed by atoms with Crippen LogP contribution >= 0.6 is 0 Å². The Morgan fingerprint density at radius 1 is 1.71 bits per heavy atom. The maximum Gasteiger partial charge on any atom is 0.292 e. The lowest BCUT2D eigenvalue weighted by atomic mass is 9.97. The van der Waals surface area contributed by atoms with Crippen molar-refractivity contribution in [2.24, 2.45) is 5.92 Å². The summed E-state index contributed by atoms with van der Waals surface area (Å²) in [5, 5.41) is 6.83. The molecule has 17 heavy (non-hydrogen) atoms. The number of hydrogen-bond donors (Lipinski definition) is 1. The highest BCUT2D eigenvalue weighted by molar-refractivity contribution is 5.92. The van der Waals surface area contributed by atoms with E-state index in [1.54, 1.807) is 6.20 Å². The van der Waals surface area contributed by atoms with Gasteiger partial charge in [0.25, 0.3) is 5.91 Å². The molecule has 0 saturated carbocycles. The van der Waals surface area contributed by atoms with Crippen LogP contribution in [0.3, 0.4) is 0 Å². The molecule has 1 aromatic rings. The number of carbonyl (C=O) groups excluding carboxylic acids is 1. The molecule has 0 aromatic carbocycles. The number of hydrogen-bond acceptors (Lipinski definition) is 4. The van der Waals surface area contributed by atoms with Crippen LogP contribution in [0, 0.1) is 12.8 Å². The average molecular weight is 237 g/mol. The molecule has 5 heteroatoms. The lowest BCUT2D eigenvalue weighted by Crippen LogP contribution is -2.42. The maximum atomic E-state index is 12.2. The van der Waals surface area contributed by atoms with E-state index >= 15 is 0 Å². The summed E-state index contributed by atoms with van der Waals surface area (Å²) in [7, 11) is 1.95. The third-order valence-electron chi connectivity index (χ3n) is 3.24.